The van der Waals surface area contributed by atoms with Gasteiger partial charge in [0, 0.05) is 18.2 Å². The highest BCUT2D eigenvalue weighted by molar-refractivity contribution is 6.50. The third kappa shape index (κ3) is 15.6. The van der Waals surface area contributed by atoms with Crippen LogP contribution >= 0.6 is 0 Å². The summed E-state index contributed by atoms with van der Waals surface area (Å²) >= 11 is 0. The summed E-state index contributed by atoms with van der Waals surface area (Å²) in [6, 6.07) is 97.2. The Hall–Kier alpha value is -14.4. The van der Waals surface area contributed by atoms with Gasteiger partial charge in [0.25, 0.3) is 0 Å². The first-order chi connectivity index (χ1) is 54.7. The maximum absolute atomic E-state index is 16.8. The second kappa shape index (κ2) is 31.6. The van der Waals surface area contributed by atoms with E-state index in [0.717, 1.165) is 0 Å². The van der Waals surface area contributed by atoms with E-state index in [1.54, 1.807) is 91.1 Å². The van der Waals surface area contributed by atoms with Gasteiger partial charge in [-0.3, -0.25) is 0 Å². The molecule has 12 aliphatic rings. The van der Waals surface area contributed by atoms with E-state index in [1.807, 2.05) is 249 Å². The van der Waals surface area contributed by atoms with Crippen molar-refractivity contribution in [3.8, 4) is 90.4 Å². The predicted molar refractivity (Wildman–Crippen MR) is 416 cm³/mol. The smallest absolute Gasteiger partial charge is 0.418 e. The molecule has 0 saturated heterocycles. The van der Waals surface area contributed by atoms with Crippen LogP contribution in [0.5, 0.6) is 0 Å². The first-order valence-corrected chi connectivity index (χ1v) is 34.9. The number of rotatable bonds is 13. The lowest BCUT2D eigenvalue weighted by atomic mass is 9.75. The lowest BCUT2D eigenvalue weighted by Gasteiger charge is -2.19. The molecular weight excluding hydrogens is 1490 g/mol. The van der Waals surface area contributed by atoms with Crippen molar-refractivity contribution in [2.75, 3.05) is 0 Å². The third-order valence-electron chi connectivity index (χ3n) is 18.5. The van der Waals surface area contributed by atoms with E-state index in [9.17, 15) is 51.8 Å². The van der Waals surface area contributed by atoms with Gasteiger partial charge < -0.3 is 60.6 Å². The normalized spacial score (nSPS) is 11.5. The number of furan rings is 2. The molecule has 12 nitrogen and oxygen atoms in total. The monoisotopic (exact) mass is 1540 g/mol. The Labute approximate surface area is 639 Å². The Morgan fingerprint density at radius 3 is 0.614 bits per heavy atom. The lowest BCUT2D eigenvalue weighted by Crippen LogP contribution is -2.27. The Kier molecular flexibility index (Phi) is 21.2. The molecule has 6 aliphatic heterocycles. The molecule has 0 bridgehead atoms. The molecule has 0 amide bonds. The fraction of sp³-hybridized carbons (Fsp3) is 0. The molecule has 17 rings (SSSR count). The summed E-state index contributed by atoms with van der Waals surface area (Å²) in [7, 11) is -18.0. The van der Waals surface area contributed by atoms with Crippen LogP contribution in [0.2, 0.25) is 0 Å². The van der Waals surface area contributed by atoms with Gasteiger partial charge in [0.1, 0.15) is 22.3 Å². The van der Waals surface area contributed by atoms with Gasteiger partial charge in [-0.1, -0.05) is 182 Å². The van der Waals surface area contributed by atoms with Gasteiger partial charge in [0.05, 0.1) is 113 Å². The first kappa shape index (κ1) is 76.4. The molecule has 6 heterocycles. The second-order valence-electron chi connectivity index (χ2n) is 25.6. The number of benzene rings is 5. The van der Waals surface area contributed by atoms with Gasteiger partial charge in [-0.25, -0.2) is 47.0 Å². The number of para-hydroxylation sites is 4. The minimum Gasteiger partial charge on any atom is -0.418 e. The number of hydrogen-bond acceptors (Lipinski definition) is 8. The summed E-state index contributed by atoms with van der Waals surface area (Å²) < 4.78 is 136. The van der Waals surface area contributed by atoms with Crippen LogP contribution in [-0.4, -0.2) is 40.0 Å². The molecule has 0 unspecified atom stereocenters. The average Bonchev–Trinajstić information content (AvgIpc) is 1.55. The molecule has 0 N–H and O–H groups in total. The second-order valence-corrected chi connectivity index (χ2v) is 25.6. The zero-order chi connectivity index (χ0) is 80.3. The van der Waals surface area contributed by atoms with Crippen molar-refractivity contribution in [1.82, 2.24) is 18.3 Å². The maximum atomic E-state index is 16.8. The van der Waals surface area contributed by atoms with Gasteiger partial charge >= 0.3 is 55.3 Å². The number of nitrogens with zero attached hydrogens (tertiary/aromatic N) is 4. The Morgan fingerprint density at radius 2 is 0.395 bits per heavy atom. The van der Waals surface area contributed by atoms with E-state index < -0.39 is 55.3 Å². The summed E-state index contributed by atoms with van der Waals surface area (Å²) in [5.41, 5.74) is 4.39. The molecule has 5 aromatic rings. The number of hydrogen-bond donors (Lipinski definition) is 0. The minimum atomic E-state index is -6.00. The number of aromatic nitrogens is 4. The van der Waals surface area contributed by atoms with Crippen molar-refractivity contribution in [3.05, 3.63) is 452 Å². The van der Waals surface area contributed by atoms with Crippen LogP contribution in [0.1, 0.15) is 50.1 Å². The molecule has 0 aromatic heterocycles. The SMILES string of the molecule is F[B-](F)(F)F.F[B-](F)(F)F.F[B-](F)(F)F.O=c1oc2cccccc-2c1[C+](c1cc([C+](c2c3cccccc-3n(-c3ccccc3)c2=O)c2c3cccccc-3n(-c3ccccc3)c2=O)cc([C+](c2c3cccccc-3n(-c3ccccc3)c2=O)c2c3cccccc-3n(-c3ccccc3)c2=O)c1)c1c2cccccc-2oc1=O. The van der Waals surface area contributed by atoms with E-state index in [1.165, 1.54) is 0 Å². The van der Waals surface area contributed by atoms with Crippen LogP contribution in [0.4, 0.5) is 51.8 Å². The number of fused-ring (bicyclic) bond motifs is 6. The van der Waals surface area contributed by atoms with E-state index in [-0.39, 0.29) is 79.3 Å². The molecule has 27 heteroatoms. The van der Waals surface area contributed by atoms with Crippen molar-refractivity contribution >= 4 is 21.8 Å². The van der Waals surface area contributed by atoms with Gasteiger partial charge in [-0.2, -0.15) is 0 Å². The van der Waals surface area contributed by atoms with E-state index in [2.05, 4.69) is 0 Å². The summed E-state index contributed by atoms with van der Waals surface area (Å²) in [5, 5.41) is 0. The standard InChI is InChI=1S/C87H53N4O8.3BF4/c92-82-76(61-39-19-5-25-45-67(61)88(82)57-31-11-1-12-32-57)73(77-62-40-20-6-26-46-68(62)89(83(77)93)58-33-13-2-14-34-58)54-51-55(53-56(52-54)75(80-65-43-23-9-29-49-71(65)98-86(80)96)81-66-44-24-10-30-50-72(66)99-87(81)97)74(78-63-41-21-7-27-47-69(63)90(84(78)94)59-35-15-3-16-36-59)79-64-42-22-8-28-48-70(64)91(85(79)95)60-37-17-4-18-38-60;3*2-1(3,4)5/h1-53H;;;/q+3;3*-1. The molecule has 0 atom stereocenters. The molecule has 0 saturated carbocycles. The van der Waals surface area contributed by atoms with Crippen molar-refractivity contribution in [3.63, 3.8) is 0 Å². The summed E-state index contributed by atoms with van der Waals surface area (Å²) in [6.45, 7) is 0. The summed E-state index contributed by atoms with van der Waals surface area (Å²) in [4.78, 5) is 98.2. The molecule has 562 valence electrons. The molecule has 114 heavy (non-hydrogen) atoms. The van der Waals surface area contributed by atoms with Crippen LogP contribution in [0.25, 0.3) is 90.4 Å². The lowest BCUT2D eigenvalue weighted by molar-refractivity contribution is 0.366. The quantitative estimate of drug-likeness (QED) is 0.0629. The topological polar surface area (TPSA) is 148 Å². The van der Waals surface area contributed by atoms with Crippen molar-refractivity contribution in [2.45, 2.75) is 0 Å². The van der Waals surface area contributed by atoms with E-state index in [4.69, 9.17) is 8.83 Å². The van der Waals surface area contributed by atoms with Crippen molar-refractivity contribution in [1.29, 1.82) is 0 Å². The zero-order valence-electron chi connectivity index (χ0n) is 58.9. The molecule has 6 aliphatic carbocycles. The average molecular weight is 1540 g/mol. The number of halogens is 12. The summed E-state index contributed by atoms with van der Waals surface area (Å²) in [6.07, 6.45) is 0. The van der Waals surface area contributed by atoms with Crippen molar-refractivity contribution < 1.29 is 60.6 Å². The zero-order valence-corrected chi connectivity index (χ0v) is 58.9. The van der Waals surface area contributed by atoms with Crippen LogP contribution in [0, 0.1) is 17.8 Å². The summed E-state index contributed by atoms with van der Waals surface area (Å²) in [5.74, 6) is 0.791. The maximum Gasteiger partial charge on any atom is 0.673 e. The first-order valence-electron chi connectivity index (χ1n) is 34.9. The van der Waals surface area contributed by atoms with E-state index in [0.29, 0.717) is 78.9 Å². The Balaban J connectivity index is 0.000000658. The largest absolute Gasteiger partial charge is 0.673 e. The molecular formula is C87H53B3F12N4O8. The predicted octanol–water partition coefficient (Wildman–Crippen LogP) is 19.8. The van der Waals surface area contributed by atoms with Gasteiger partial charge in [-0.05, 0) is 121 Å². The fourth-order valence-corrected chi connectivity index (χ4v) is 14.4. The highest BCUT2D eigenvalue weighted by Gasteiger charge is 2.48. The van der Waals surface area contributed by atoms with Gasteiger partial charge in [0.15, 0.2) is 22.6 Å². The third-order valence-corrected chi connectivity index (χ3v) is 18.5. The van der Waals surface area contributed by atoms with Crippen LogP contribution in [0.15, 0.2) is 359 Å². The van der Waals surface area contributed by atoms with Crippen LogP contribution in [-0.2, 0) is 0 Å². The van der Waals surface area contributed by atoms with Gasteiger partial charge in [-0.15, -0.1) is 0 Å². The van der Waals surface area contributed by atoms with Crippen molar-refractivity contribution in [2.24, 2.45) is 0 Å². The van der Waals surface area contributed by atoms with Crippen LogP contribution in [0.3, 0.4) is 0 Å². The Bertz CT molecular complexity index is 5840. The van der Waals surface area contributed by atoms with Crippen LogP contribution < -0.4 is 33.5 Å². The highest BCUT2D eigenvalue weighted by atomic mass is 19.5. The molecule has 0 spiro atoms. The molecule has 5 aromatic carbocycles. The molecule has 0 fully saturated rings. The Morgan fingerprint density at radius 1 is 0.219 bits per heavy atom. The van der Waals surface area contributed by atoms with Gasteiger partial charge in [0.2, 0.25) is 0 Å². The minimum absolute atomic E-state index is 0.0115. The van der Waals surface area contributed by atoms with E-state index >= 15 is 28.8 Å². The highest BCUT2D eigenvalue weighted by Crippen LogP contribution is 2.49. The fourth-order valence-electron chi connectivity index (χ4n) is 14.4. The molecule has 0 radical (unpaired) electrons.